The van der Waals surface area contributed by atoms with Crippen LogP contribution >= 0.6 is 11.3 Å². The number of aromatic nitrogens is 2. The number of benzene rings is 1. The van der Waals surface area contributed by atoms with E-state index >= 15 is 0 Å². The Kier molecular flexibility index (Phi) is 5.49. The van der Waals surface area contributed by atoms with Crippen molar-refractivity contribution in [3.8, 4) is 11.5 Å². The zero-order chi connectivity index (χ0) is 21.3. The Morgan fingerprint density at radius 1 is 1.27 bits per heavy atom. The number of esters is 1. The van der Waals surface area contributed by atoms with E-state index < -0.39 is 30.0 Å². The third kappa shape index (κ3) is 3.90. The summed E-state index contributed by atoms with van der Waals surface area (Å²) in [6.45, 7) is -0.396. The Hall–Kier alpha value is -3.27. The summed E-state index contributed by atoms with van der Waals surface area (Å²) in [4.78, 5) is 37.9. The van der Waals surface area contributed by atoms with E-state index in [1.807, 2.05) is 0 Å². The molecule has 156 valence electrons. The largest absolute Gasteiger partial charge is 0.465 e. The number of ether oxygens (including phenoxy) is 1. The van der Waals surface area contributed by atoms with Crippen molar-refractivity contribution in [2.75, 3.05) is 12.4 Å². The third-order valence-electron chi connectivity index (χ3n) is 4.80. The highest BCUT2D eigenvalue weighted by molar-refractivity contribution is 7.17. The van der Waals surface area contributed by atoms with Crippen LogP contribution in [0.3, 0.4) is 0 Å². The number of fused-ring (bicyclic) bond motifs is 1. The van der Waals surface area contributed by atoms with Gasteiger partial charge < -0.3 is 14.5 Å². The molecule has 2 heterocycles. The van der Waals surface area contributed by atoms with Gasteiger partial charge in [0.25, 0.3) is 0 Å². The molecular formula is C20H18FN3O5S. The number of thiophene rings is 1. The molecule has 2 aromatic heterocycles. The molecule has 1 aromatic carbocycles. The molecule has 1 N–H and O–H groups in total. The Morgan fingerprint density at radius 3 is 2.73 bits per heavy atom. The summed E-state index contributed by atoms with van der Waals surface area (Å²) >= 11 is 1.35. The second kappa shape index (κ2) is 8.23. The molecule has 8 nitrogen and oxygen atoms in total. The molecule has 0 aliphatic heterocycles. The number of nitrogens with zero attached hydrogens (tertiary/aromatic N) is 2. The van der Waals surface area contributed by atoms with Crippen LogP contribution in [0.2, 0.25) is 0 Å². The number of carbonyl (C=O) groups is 2. The van der Waals surface area contributed by atoms with Crippen molar-refractivity contribution < 1.29 is 23.1 Å². The highest BCUT2D eigenvalue weighted by Gasteiger charge is 2.27. The number of anilines is 1. The van der Waals surface area contributed by atoms with Gasteiger partial charge in [-0.3, -0.25) is 4.79 Å². The molecule has 3 aromatic rings. The Bertz CT molecular complexity index is 1160. The topological polar surface area (TPSA) is 103 Å². The minimum Gasteiger partial charge on any atom is -0.465 e. The molecule has 1 aliphatic carbocycles. The van der Waals surface area contributed by atoms with E-state index in [1.54, 1.807) is 0 Å². The molecule has 30 heavy (non-hydrogen) atoms. The maximum Gasteiger partial charge on any atom is 0.437 e. The molecule has 1 amide bonds. The maximum atomic E-state index is 13.1. The smallest absolute Gasteiger partial charge is 0.437 e. The van der Waals surface area contributed by atoms with Crippen LogP contribution in [0.1, 0.15) is 33.6 Å². The van der Waals surface area contributed by atoms with E-state index in [4.69, 9.17) is 9.15 Å². The molecule has 0 bridgehead atoms. The van der Waals surface area contributed by atoms with Crippen LogP contribution in [0.25, 0.3) is 11.5 Å². The van der Waals surface area contributed by atoms with Gasteiger partial charge in [-0.1, -0.05) is 0 Å². The van der Waals surface area contributed by atoms with Crippen LogP contribution in [0, 0.1) is 5.82 Å². The zero-order valence-corrected chi connectivity index (χ0v) is 16.9. The third-order valence-corrected chi connectivity index (χ3v) is 6.01. The van der Waals surface area contributed by atoms with Crippen molar-refractivity contribution in [2.24, 2.45) is 0 Å². The van der Waals surface area contributed by atoms with Crippen molar-refractivity contribution in [2.45, 2.75) is 32.2 Å². The summed E-state index contributed by atoms with van der Waals surface area (Å²) < 4.78 is 23.9. The van der Waals surface area contributed by atoms with E-state index in [2.05, 4.69) is 10.4 Å². The van der Waals surface area contributed by atoms with E-state index in [9.17, 15) is 18.8 Å². The molecule has 0 unspecified atom stereocenters. The van der Waals surface area contributed by atoms with E-state index in [0.717, 1.165) is 40.8 Å². The first-order valence-electron chi connectivity index (χ1n) is 9.33. The van der Waals surface area contributed by atoms with Gasteiger partial charge in [0, 0.05) is 10.4 Å². The van der Waals surface area contributed by atoms with Crippen molar-refractivity contribution in [3.05, 3.63) is 56.6 Å². The fourth-order valence-electron chi connectivity index (χ4n) is 3.39. The Labute approximate surface area is 174 Å². The fraction of sp³-hybridized carbons (Fsp3) is 0.300. The van der Waals surface area contributed by atoms with Crippen LogP contribution in [0.5, 0.6) is 0 Å². The normalized spacial score (nSPS) is 13.0. The number of hydrogen-bond donors (Lipinski definition) is 1. The van der Waals surface area contributed by atoms with Gasteiger partial charge in [-0.2, -0.15) is 4.68 Å². The Morgan fingerprint density at radius 2 is 2.00 bits per heavy atom. The molecule has 10 heteroatoms. The summed E-state index contributed by atoms with van der Waals surface area (Å²) in [5.41, 5.74) is 1.71. The summed E-state index contributed by atoms with van der Waals surface area (Å²) in [6.07, 6.45) is 3.61. The minimum atomic E-state index is -0.817. The number of hydrogen-bond acceptors (Lipinski definition) is 7. The predicted molar refractivity (Wildman–Crippen MR) is 107 cm³/mol. The van der Waals surface area contributed by atoms with Gasteiger partial charge in [-0.25, -0.2) is 14.0 Å². The quantitative estimate of drug-likeness (QED) is 0.623. The van der Waals surface area contributed by atoms with Crippen molar-refractivity contribution >= 4 is 28.2 Å². The van der Waals surface area contributed by atoms with Crippen LogP contribution in [-0.4, -0.2) is 28.8 Å². The molecule has 0 atom stereocenters. The number of rotatable bonds is 5. The summed E-state index contributed by atoms with van der Waals surface area (Å²) in [6, 6.07) is 5.27. The molecular weight excluding hydrogens is 413 g/mol. The van der Waals surface area contributed by atoms with Crippen molar-refractivity contribution in [1.29, 1.82) is 0 Å². The van der Waals surface area contributed by atoms with E-state index in [-0.39, 0.29) is 5.89 Å². The standard InChI is InChI=1S/C20H18FN3O5S/c1-28-19(26)16-13-4-2-3-5-14(13)30-18(16)22-15(25)10-24-20(27)29-17(23-24)11-6-8-12(21)9-7-11/h6-9H,2-5,10H2,1H3,(H,22,25). The lowest BCUT2D eigenvalue weighted by molar-refractivity contribution is -0.117. The number of halogens is 1. The zero-order valence-electron chi connectivity index (χ0n) is 16.1. The van der Waals surface area contributed by atoms with Crippen molar-refractivity contribution in [1.82, 2.24) is 9.78 Å². The van der Waals surface area contributed by atoms with Crippen LogP contribution in [-0.2, 0) is 28.9 Å². The number of carbonyl (C=O) groups excluding carboxylic acids is 2. The summed E-state index contributed by atoms with van der Waals surface area (Å²) in [7, 11) is 1.30. The first kappa shape index (κ1) is 20.0. The Balaban J connectivity index is 1.55. The second-order valence-corrected chi connectivity index (χ2v) is 7.90. The number of amides is 1. The SMILES string of the molecule is COC(=O)c1c(NC(=O)Cn2nc(-c3ccc(F)cc3)oc2=O)sc2c1CCCC2. The van der Waals surface area contributed by atoms with Crippen molar-refractivity contribution in [3.63, 3.8) is 0 Å². The molecule has 0 spiro atoms. The maximum absolute atomic E-state index is 13.1. The molecule has 0 saturated carbocycles. The lowest BCUT2D eigenvalue weighted by Gasteiger charge is -2.11. The highest BCUT2D eigenvalue weighted by Crippen LogP contribution is 2.38. The lowest BCUT2D eigenvalue weighted by Crippen LogP contribution is -2.26. The monoisotopic (exact) mass is 431 g/mol. The first-order valence-corrected chi connectivity index (χ1v) is 10.1. The highest BCUT2D eigenvalue weighted by atomic mass is 32.1. The van der Waals surface area contributed by atoms with Gasteiger partial charge in [0.1, 0.15) is 17.4 Å². The van der Waals surface area contributed by atoms with Gasteiger partial charge in [0.15, 0.2) is 0 Å². The van der Waals surface area contributed by atoms with Gasteiger partial charge in [0.2, 0.25) is 11.8 Å². The molecule has 0 radical (unpaired) electrons. The van der Waals surface area contributed by atoms with Gasteiger partial charge >= 0.3 is 11.7 Å². The van der Waals surface area contributed by atoms with Gasteiger partial charge in [0.05, 0.1) is 12.7 Å². The average Bonchev–Trinajstić information content (AvgIpc) is 3.28. The summed E-state index contributed by atoms with van der Waals surface area (Å²) in [5, 5.41) is 7.11. The molecule has 1 aliphatic rings. The second-order valence-electron chi connectivity index (χ2n) is 6.79. The van der Waals surface area contributed by atoms with Crippen LogP contribution in [0.4, 0.5) is 9.39 Å². The minimum absolute atomic E-state index is 0.0189. The van der Waals surface area contributed by atoms with Gasteiger partial charge in [-0.15, -0.1) is 16.4 Å². The van der Waals surface area contributed by atoms with Crippen LogP contribution in [0.15, 0.2) is 33.5 Å². The number of nitrogens with one attached hydrogen (secondary N) is 1. The number of methoxy groups -OCH3 is 1. The average molecular weight is 431 g/mol. The predicted octanol–water partition coefficient (Wildman–Crippen LogP) is 3.01. The fourth-order valence-corrected chi connectivity index (χ4v) is 4.68. The molecule has 0 fully saturated rings. The number of aryl methyl sites for hydroxylation is 1. The molecule has 0 saturated heterocycles. The van der Waals surface area contributed by atoms with E-state index in [1.165, 1.54) is 42.7 Å². The van der Waals surface area contributed by atoms with E-state index in [0.29, 0.717) is 16.1 Å². The van der Waals surface area contributed by atoms with Gasteiger partial charge in [-0.05, 0) is 55.5 Å². The molecule has 4 rings (SSSR count). The summed E-state index contributed by atoms with van der Waals surface area (Å²) in [5.74, 6) is -2.29. The lowest BCUT2D eigenvalue weighted by atomic mass is 9.95. The van der Waals surface area contributed by atoms with Crippen LogP contribution < -0.4 is 11.1 Å². The first-order chi connectivity index (χ1) is 14.5.